The van der Waals surface area contributed by atoms with Crippen LogP contribution in [0.2, 0.25) is 0 Å². The van der Waals surface area contributed by atoms with E-state index >= 15 is 0 Å². The normalized spacial score (nSPS) is 17.9. The van der Waals surface area contributed by atoms with Crippen LogP contribution in [0.15, 0.2) is 85.1 Å². The second-order valence-corrected chi connectivity index (χ2v) is 10.7. The number of rotatable bonds is 8. The van der Waals surface area contributed by atoms with E-state index in [0.29, 0.717) is 0 Å². The molecule has 0 atom stereocenters. The molecule has 0 N–H and O–H groups in total. The van der Waals surface area contributed by atoms with Gasteiger partial charge in [-0.3, -0.25) is 0 Å². The predicted molar refractivity (Wildman–Crippen MR) is 155 cm³/mol. The van der Waals surface area contributed by atoms with Crippen LogP contribution < -0.4 is 14.4 Å². The van der Waals surface area contributed by atoms with Gasteiger partial charge in [0.25, 0.3) is 0 Å². The fraction of sp³-hybridized carbons (Fsp3) is 0.394. The highest BCUT2D eigenvalue weighted by Crippen LogP contribution is 2.47. The van der Waals surface area contributed by atoms with Crippen LogP contribution in [-0.2, 0) is 0 Å². The zero-order chi connectivity index (χ0) is 25.7. The molecule has 6 rings (SSSR count). The minimum atomic E-state index is 0.119. The first-order chi connectivity index (χ1) is 18.8. The maximum atomic E-state index is 6.21. The Morgan fingerprint density at radius 2 is 1.39 bits per heavy atom. The second kappa shape index (κ2) is 11.5. The Balaban J connectivity index is 1.03. The molecule has 0 unspecified atom stereocenters. The first kappa shape index (κ1) is 24.9. The lowest BCUT2D eigenvalue weighted by Gasteiger charge is -2.41. The topological polar surface area (TPSA) is 28.2 Å². The molecule has 2 saturated heterocycles. The van der Waals surface area contributed by atoms with Gasteiger partial charge < -0.3 is 24.2 Å². The lowest BCUT2D eigenvalue weighted by Crippen LogP contribution is -2.46. The van der Waals surface area contributed by atoms with Crippen molar-refractivity contribution in [3.8, 4) is 17.2 Å². The molecular weight excluding hydrogens is 470 g/mol. The molecule has 3 heterocycles. The maximum absolute atomic E-state index is 6.21. The highest BCUT2D eigenvalue weighted by atomic mass is 16.5. The lowest BCUT2D eigenvalue weighted by molar-refractivity contribution is 0.205. The number of hydrogen-bond donors (Lipinski definition) is 0. The molecule has 3 aliphatic heterocycles. The summed E-state index contributed by atoms with van der Waals surface area (Å²) >= 11 is 0. The van der Waals surface area contributed by atoms with Crippen molar-refractivity contribution in [3.05, 3.63) is 96.2 Å². The van der Waals surface area contributed by atoms with Gasteiger partial charge >= 0.3 is 0 Å². The van der Waals surface area contributed by atoms with E-state index < -0.39 is 0 Å². The van der Waals surface area contributed by atoms with E-state index in [4.69, 9.17) is 9.47 Å². The van der Waals surface area contributed by atoms with Crippen molar-refractivity contribution < 1.29 is 9.47 Å². The molecule has 0 saturated carbocycles. The molecule has 0 aromatic heterocycles. The molecule has 0 radical (unpaired) electrons. The molecule has 0 amide bonds. The van der Waals surface area contributed by atoms with Crippen molar-refractivity contribution in [2.24, 2.45) is 0 Å². The Hall–Kier alpha value is -3.44. The van der Waals surface area contributed by atoms with Gasteiger partial charge in [-0.15, -0.1) is 0 Å². The summed E-state index contributed by atoms with van der Waals surface area (Å²) in [6, 6.07) is 25.4. The fourth-order valence-corrected chi connectivity index (χ4v) is 6.12. The van der Waals surface area contributed by atoms with Crippen molar-refractivity contribution in [2.75, 3.05) is 57.3 Å². The third kappa shape index (κ3) is 5.39. The molecule has 5 heteroatoms. The summed E-state index contributed by atoms with van der Waals surface area (Å²) in [4.78, 5) is 7.50. The minimum Gasteiger partial charge on any atom is -0.494 e. The third-order valence-corrected chi connectivity index (χ3v) is 8.24. The molecule has 2 fully saturated rings. The summed E-state index contributed by atoms with van der Waals surface area (Å²) in [5, 5.41) is 0. The SMILES string of the molecule is C=C(C1c2ccccc2Oc2ccccc21)N1CCN(c2ccc(OCCCN3CCCCC3)cc2)CC1. The number of ether oxygens (including phenoxy) is 2. The zero-order valence-electron chi connectivity index (χ0n) is 22.4. The van der Waals surface area contributed by atoms with E-state index in [1.807, 2.05) is 12.1 Å². The number of benzene rings is 3. The number of nitrogens with zero attached hydrogens (tertiary/aromatic N) is 3. The summed E-state index contributed by atoms with van der Waals surface area (Å²) in [5.41, 5.74) is 4.81. The van der Waals surface area contributed by atoms with Gasteiger partial charge in [-0.1, -0.05) is 49.4 Å². The Kier molecular flexibility index (Phi) is 7.54. The van der Waals surface area contributed by atoms with Gasteiger partial charge in [-0.05, 0) is 68.8 Å². The maximum Gasteiger partial charge on any atom is 0.131 e. The average molecular weight is 510 g/mol. The van der Waals surface area contributed by atoms with Crippen molar-refractivity contribution in [1.82, 2.24) is 9.80 Å². The summed E-state index contributed by atoms with van der Waals surface area (Å²) in [7, 11) is 0. The average Bonchev–Trinajstić information content (AvgIpc) is 2.99. The lowest BCUT2D eigenvalue weighted by atomic mass is 9.85. The summed E-state index contributed by atoms with van der Waals surface area (Å²) in [5.74, 6) is 2.96. The van der Waals surface area contributed by atoms with E-state index in [9.17, 15) is 0 Å². The summed E-state index contributed by atoms with van der Waals surface area (Å²) in [6.45, 7) is 12.9. The second-order valence-electron chi connectivity index (χ2n) is 10.7. The van der Waals surface area contributed by atoms with Crippen molar-refractivity contribution in [2.45, 2.75) is 31.6 Å². The zero-order valence-corrected chi connectivity index (χ0v) is 22.4. The largest absolute Gasteiger partial charge is 0.494 e. The number of para-hydroxylation sites is 2. The molecule has 3 aromatic rings. The van der Waals surface area contributed by atoms with Crippen molar-refractivity contribution in [1.29, 1.82) is 0 Å². The van der Waals surface area contributed by atoms with Gasteiger partial charge in [0.15, 0.2) is 0 Å². The molecule has 5 nitrogen and oxygen atoms in total. The quantitative estimate of drug-likeness (QED) is 0.323. The first-order valence-electron chi connectivity index (χ1n) is 14.3. The van der Waals surface area contributed by atoms with Crippen LogP contribution in [0, 0.1) is 0 Å². The van der Waals surface area contributed by atoms with Crippen LogP contribution in [-0.4, -0.2) is 62.2 Å². The Labute approximate surface area is 227 Å². The Morgan fingerprint density at radius 1 is 0.763 bits per heavy atom. The Morgan fingerprint density at radius 3 is 2.05 bits per heavy atom. The van der Waals surface area contributed by atoms with E-state index in [2.05, 4.69) is 81.9 Å². The van der Waals surface area contributed by atoms with Crippen LogP contribution in [0.3, 0.4) is 0 Å². The monoisotopic (exact) mass is 509 g/mol. The molecule has 0 bridgehead atoms. The van der Waals surface area contributed by atoms with Gasteiger partial charge in [-0.25, -0.2) is 0 Å². The molecule has 3 aromatic carbocycles. The van der Waals surface area contributed by atoms with Crippen LogP contribution in [0.4, 0.5) is 5.69 Å². The van der Waals surface area contributed by atoms with Gasteiger partial charge in [0.05, 0.1) is 12.5 Å². The smallest absolute Gasteiger partial charge is 0.131 e. The number of likely N-dealkylation sites (tertiary alicyclic amines) is 1. The highest BCUT2D eigenvalue weighted by Gasteiger charge is 2.32. The summed E-state index contributed by atoms with van der Waals surface area (Å²) in [6.07, 6.45) is 5.18. The number of piperidine rings is 1. The highest BCUT2D eigenvalue weighted by molar-refractivity contribution is 5.57. The van der Waals surface area contributed by atoms with E-state index in [1.165, 1.54) is 49.2 Å². The van der Waals surface area contributed by atoms with E-state index in [-0.39, 0.29) is 5.92 Å². The van der Waals surface area contributed by atoms with Crippen molar-refractivity contribution >= 4 is 5.69 Å². The molecule has 0 aliphatic carbocycles. The molecule has 0 spiro atoms. The molecular formula is C33H39N3O2. The van der Waals surface area contributed by atoms with Gasteiger partial charge in [-0.2, -0.15) is 0 Å². The molecule has 3 aliphatic rings. The predicted octanol–water partition coefficient (Wildman–Crippen LogP) is 6.51. The van der Waals surface area contributed by atoms with Crippen LogP contribution in [0.5, 0.6) is 17.2 Å². The number of fused-ring (bicyclic) bond motifs is 2. The van der Waals surface area contributed by atoms with E-state index in [1.54, 1.807) is 0 Å². The number of piperazine rings is 1. The van der Waals surface area contributed by atoms with Gasteiger partial charge in [0, 0.05) is 55.2 Å². The first-order valence-corrected chi connectivity index (χ1v) is 14.3. The third-order valence-electron chi connectivity index (χ3n) is 8.24. The van der Waals surface area contributed by atoms with Gasteiger partial charge in [0.1, 0.15) is 17.2 Å². The van der Waals surface area contributed by atoms with Crippen LogP contribution in [0.1, 0.15) is 42.7 Å². The fourth-order valence-electron chi connectivity index (χ4n) is 6.12. The number of allylic oxidation sites excluding steroid dienone is 1. The minimum absolute atomic E-state index is 0.119. The van der Waals surface area contributed by atoms with Crippen molar-refractivity contribution in [3.63, 3.8) is 0 Å². The Bertz CT molecular complexity index is 1180. The number of anilines is 1. The van der Waals surface area contributed by atoms with Crippen LogP contribution in [0.25, 0.3) is 0 Å². The summed E-state index contributed by atoms with van der Waals surface area (Å²) < 4.78 is 12.2. The number of hydrogen-bond acceptors (Lipinski definition) is 5. The van der Waals surface area contributed by atoms with Gasteiger partial charge in [0.2, 0.25) is 0 Å². The standard InChI is InChI=1S/C33H39N3O2/c1-26(33-29-10-3-5-12-31(29)38-32-13-6-4-11-30(32)33)35-21-23-36(24-22-35)27-14-16-28(17-15-27)37-25-9-20-34-18-7-2-8-19-34/h3-6,10-17,33H,1-2,7-9,18-25H2. The van der Waals surface area contributed by atoms with Crippen LogP contribution >= 0.6 is 0 Å². The van der Waals surface area contributed by atoms with E-state index in [0.717, 1.165) is 68.7 Å². The molecule has 198 valence electrons. The molecule has 38 heavy (non-hydrogen) atoms.